The van der Waals surface area contributed by atoms with E-state index in [4.69, 9.17) is 5.11 Å². The number of carbonyl (C=O) groups is 2. The van der Waals surface area contributed by atoms with Gasteiger partial charge < -0.3 is 15.7 Å². The SMILES string of the molecule is CNC(=O)CCNCCCCCC(=O)O. The van der Waals surface area contributed by atoms with Gasteiger partial charge in [0.15, 0.2) is 0 Å². The minimum absolute atomic E-state index is 0.0355. The molecule has 0 heterocycles. The van der Waals surface area contributed by atoms with Crippen molar-refractivity contribution in [1.29, 1.82) is 0 Å². The van der Waals surface area contributed by atoms with Gasteiger partial charge in [-0.25, -0.2) is 0 Å². The lowest BCUT2D eigenvalue weighted by Crippen LogP contribution is -2.25. The van der Waals surface area contributed by atoms with E-state index >= 15 is 0 Å². The van der Waals surface area contributed by atoms with Gasteiger partial charge in [0, 0.05) is 26.4 Å². The molecule has 15 heavy (non-hydrogen) atoms. The van der Waals surface area contributed by atoms with Gasteiger partial charge in [0.05, 0.1) is 0 Å². The van der Waals surface area contributed by atoms with E-state index in [1.807, 2.05) is 0 Å². The first-order chi connectivity index (χ1) is 7.16. The summed E-state index contributed by atoms with van der Waals surface area (Å²) in [5.74, 6) is -0.698. The first-order valence-corrected chi connectivity index (χ1v) is 5.30. The number of carbonyl (C=O) groups excluding carboxylic acids is 1. The van der Waals surface area contributed by atoms with Crippen LogP contribution < -0.4 is 10.6 Å². The lowest BCUT2D eigenvalue weighted by Gasteiger charge is -2.03. The number of carboxylic acids is 1. The molecule has 0 aromatic heterocycles. The molecule has 0 unspecified atom stereocenters. The normalized spacial score (nSPS) is 9.93. The Morgan fingerprint density at radius 1 is 1.07 bits per heavy atom. The zero-order chi connectivity index (χ0) is 11.5. The van der Waals surface area contributed by atoms with E-state index in [9.17, 15) is 9.59 Å². The van der Waals surface area contributed by atoms with Crippen molar-refractivity contribution in [1.82, 2.24) is 10.6 Å². The molecule has 0 aliphatic rings. The van der Waals surface area contributed by atoms with Crippen molar-refractivity contribution >= 4 is 11.9 Å². The largest absolute Gasteiger partial charge is 0.481 e. The van der Waals surface area contributed by atoms with E-state index in [2.05, 4.69) is 10.6 Å². The minimum atomic E-state index is -0.734. The zero-order valence-electron chi connectivity index (χ0n) is 9.21. The van der Waals surface area contributed by atoms with Gasteiger partial charge in [0.1, 0.15) is 0 Å². The quantitative estimate of drug-likeness (QED) is 0.486. The predicted molar refractivity (Wildman–Crippen MR) is 57.7 cm³/mol. The lowest BCUT2D eigenvalue weighted by atomic mass is 10.2. The number of aliphatic carboxylic acids is 1. The number of amides is 1. The molecule has 0 aromatic carbocycles. The fourth-order valence-corrected chi connectivity index (χ4v) is 1.15. The lowest BCUT2D eigenvalue weighted by molar-refractivity contribution is -0.137. The van der Waals surface area contributed by atoms with Crippen LogP contribution in [0.5, 0.6) is 0 Å². The van der Waals surface area contributed by atoms with Gasteiger partial charge in [-0.15, -0.1) is 0 Å². The molecule has 0 aliphatic carbocycles. The Morgan fingerprint density at radius 2 is 1.80 bits per heavy atom. The summed E-state index contributed by atoms with van der Waals surface area (Å²) in [7, 11) is 1.62. The van der Waals surface area contributed by atoms with Crippen molar-refractivity contribution < 1.29 is 14.7 Å². The van der Waals surface area contributed by atoms with Crippen LogP contribution in [0, 0.1) is 0 Å². The molecule has 0 aliphatic heterocycles. The smallest absolute Gasteiger partial charge is 0.303 e. The van der Waals surface area contributed by atoms with E-state index in [0.717, 1.165) is 25.8 Å². The number of unbranched alkanes of at least 4 members (excludes halogenated alkanes) is 2. The Kier molecular flexibility index (Phi) is 8.76. The first kappa shape index (κ1) is 13.9. The summed E-state index contributed by atoms with van der Waals surface area (Å²) in [4.78, 5) is 21.0. The highest BCUT2D eigenvalue weighted by molar-refractivity contribution is 5.75. The molecule has 0 saturated carbocycles. The van der Waals surface area contributed by atoms with Crippen LogP contribution in [-0.2, 0) is 9.59 Å². The second-order valence-corrected chi connectivity index (χ2v) is 3.38. The van der Waals surface area contributed by atoms with Crippen LogP contribution in [0.1, 0.15) is 32.1 Å². The molecule has 0 saturated heterocycles. The van der Waals surface area contributed by atoms with Crippen molar-refractivity contribution in [3.8, 4) is 0 Å². The Labute approximate surface area is 90.2 Å². The van der Waals surface area contributed by atoms with Crippen molar-refractivity contribution in [2.24, 2.45) is 0 Å². The number of hydrogen-bond acceptors (Lipinski definition) is 3. The Balaban J connectivity index is 3.05. The predicted octanol–water partition coefficient (Wildman–Crippen LogP) is 0.357. The third-order valence-corrected chi connectivity index (χ3v) is 2.05. The van der Waals surface area contributed by atoms with E-state index in [1.54, 1.807) is 7.05 Å². The third kappa shape index (κ3) is 10.8. The van der Waals surface area contributed by atoms with Gasteiger partial charge in [-0.3, -0.25) is 9.59 Å². The highest BCUT2D eigenvalue weighted by atomic mass is 16.4. The fourth-order valence-electron chi connectivity index (χ4n) is 1.15. The molecule has 1 amide bonds. The molecule has 0 aromatic rings. The van der Waals surface area contributed by atoms with E-state index in [1.165, 1.54) is 0 Å². The highest BCUT2D eigenvalue weighted by Crippen LogP contribution is 1.98. The minimum Gasteiger partial charge on any atom is -0.481 e. The van der Waals surface area contributed by atoms with Gasteiger partial charge in [-0.1, -0.05) is 6.42 Å². The molecular weight excluding hydrogens is 196 g/mol. The Morgan fingerprint density at radius 3 is 2.40 bits per heavy atom. The molecule has 88 valence electrons. The van der Waals surface area contributed by atoms with Gasteiger partial charge in [-0.05, 0) is 19.4 Å². The van der Waals surface area contributed by atoms with Crippen LogP contribution in [0.4, 0.5) is 0 Å². The van der Waals surface area contributed by atoms with Crippen molar-refractivity contribution in [2.75, 3.05) is 20.1 Å². The molecule has 0 spiro atoms. The molecule has 5 heteroatoms. The maximum atomic E-state index is 10.8. The fraction of sp³-hybridized carbons (Fsp3) is 0.800. The summed E-state index contributed by atoms with van der Waals surface area (Å²) in [5, 5.41) is 14.1. The monoisotopic (exact) mass is 216 g/mol. The summed E-state index contributed by atoms with van der Waals surface area (Å²) in [5.41, 5.74) is 0. The van der Waals surface area contributed by atoms with Crippen LogP contribution in [0.25, 0.3) is 0 Å². The number of nitrogens with one attached hydrogen (secondary N) is 2. The van der Waals surface area contributed by atoms with Crippen molar-refractivity contribution in [3.05, 3.63) is 0 Å². The number of hydrogen-bond donors (Lipinski definition) is 3. The van der Waals surface area contributed by atoms with E-state index in [-0.39, 0.29) is 12.3 Å². The molecule has 0 rings (SSSR count). The highest BCUT2D eigenvalue weighted by Gasteiger charge is 1.97. The molecule has 5 nitrogen and oxygen atoms in total. The van der Waals surface area contributed by atoms with Crippen LogP contribution in [0.15, 0.2) is 0 Å². The van der Waals surface area contributed by atoms with Gasteiger partial charge in [0.25, 0.3) is 0 Å². The molecule has 0 radical (unpaired) electrons. The van der Waals surface area contributed by atoms with Gasteiger partial charge in [-0.2, -0.15) is 0 Å². The Hall–Kier alpha value is -1.10. The summed E-state index contributed by atoms with van der Waals surface area (Å²) in [6.07, 6.45) is 3.34. The Bertz CT molecular complexity index is 195. The second kappa shape index (κ2) is 9.45. The summed E-state index contributed by atoms with van der Waals surface area (Å²) >= 11 is 0. The number of rotatable bonds is 9. The maximum absolute atomic E-state index is 10.8. The summed E-state index contributed by atoms with van der Waals surface area (Å²) < 4.78 is 0. The third-order valence-electron chi connectivity index (χ3n) is 2.05. The first-order valence-electron chi connectivity index (χ1n) is 5.30. The van der Waals surface area contributed by atoms with Crippen LogP contribution >= 0.6 is 0 Å². The summed E-state index contributed by atoms with van der Waals surface area (Å²) in [6, 6.07) is 0. The topological polar surface area (TPSA) is 78.4 Å². The van der Waals surface area contributed by atoms with Crippen LogP contribution in [0.3, 0.4) is 0 Å². The van der Waals surface area contributed by atoms with Crippen molar-refractivity contribution in [2.45, 2.75) is 32.1 Å². The summed E-state index contributed by atoms with van der Waals surface area (Å²) in [6.45, 7) is 1.52. The standard InChI is InChI=1S/C10H20N2O3/c1-11-9(13)6-8-12-7-4-2-3-5-10(14)15/h12H,2-8H2,1H3,(H,11,13)(H,14,15). The van der Waals surface area contributed by atoms with Gasteiger partial charge in [0.2, 0.25) is 5.91 Å². The van der Waals surface area contributed by atoms with E-state index in [0.29, 0.717) is 13.0 Å². The number of carboxylic acid groups (broad SMARTS) is 1. The zero-order valence-corrected chi connectivity index (χ0v) is 9.21. The molecular formula is C10H20N2O3. The molecule has 0 bridgehead atoms. The average Bonchev–Trinajstić information content (AvgIpc) is 2.21. The van der Waals surface area contributed by atoms with E-state index < -0.39 is 5.97 Å². The average molecular weight is 216 g/mol. The molecule has 0 fully saturated rings. The van der Waals surface area contributed by atoms with Crippen molar-refractivity contribution in [3.63, 3.8) is 0 Å². The molecule has 0 atom stereocenters. The molecule has 3 N–H and O–H groups in total. The maximum Gasteiger partial charge on any atom is 0.303 e. The van der Waals surface area contributed by atoms with Crippen LogP contribution in [0.2, 0.25) is 0 Å². The second-order valence-electron chi connectivity index (χ2n) is 3.38. The van der Waals surface area contributed by atoms with Crippen LogP contribution in [-0.4, -0.2) is 37.1 Å². The van der Waals surface area contributed by atoms with Gasteiger partial charge >= 0.3 is 5.97 Å².